The number of benzene rings is 1. The first-order valence-electron chi connectivity index (χ1n) is 8.30. The molecule has 1 aromatic carbocycles. The van der Waals surface area contributed by atoms with Crippen LogP contribution in [0.25, 0.3) is 0 Å². The Morgan fingerprint density at radius 3 is 2.35 bits per heavy atom. The summed E-state index contributed by atoms with van der Waals surface area (Å²) in [6.45, 7) is 8.34. The highest BCUT2D eigenvalue weighted by Gasteiger charge is 2.49. The smallest absolute Gasteiger partial charge is 0.413 e. The molecule has 0 aliphatic carbocycles. The molecule has 0 radical (unpaired) electrons. The van der Waals surface area contributed by atoms with Gasteiger partial charge in [0.15, 0.2) is 15.6 Å². The van der Waals surface area contributed by atoms with Crippen LogP contribution in [0.1, 0.15) is 34.6 Å². The normalized spacial score (nSPS) is 20.0. The van der Waals surface area contributed by atoms with Gasteiger partial charge in [-0.3, -0.25) is 9.69 Å². The minimum absolute atomic E-state index is 0.0651. The molecule has 1 aliphatic rings. The number of carbonyl (C=O) groups excluding carboxylic acids is 2. The number of hydrogen-bond donors (Lipinski definition) is 0. The molecule has 26 heavy (non-hydrogen) atoms. The van der Waals surface area contributed by atoms with E-state index >= 15 is 0 Å². The van der Waals surface area contributed by atoms with E-state index in [-0.39, 0.29) is 11.5 Å². The van der Waals surface area contributed by atoms with Crippen LogP contribution in [0, 0.1) is 0 Å². The fraction of sp³-hybridized carbons (Fsp3) is 0.556. The Kier molecular flexibility index (Phi) is 5.49. The Hall–Kier alpha value is -1.93. The van der Waals surface area contributed by atoms with Crippen LogP contribution in [0.2, 0.25) is 0 Å². The number of ketones is 1. The lowest BCUT2D eigenvalue weighted by Crippen LogP contribution is -2.53. The summed E-state index contributed by atoms with van der Waals surface area (Å²) in [5, 5.41) is 0. The molecule has 0 bridgehead atoms. The highest BCUT2D eigenvalue weighted by atomic mass is 32.2. The predicted octanol–water partition coefficient (Wildman–Crippen LogP) is 2.40. The standard InChI is InChI=1S/C18H25NO6S/c1-17(2,3)25-16(21)19-14(11-24-18(19,4)5)15(20)12-26(22,23)13-9-7-6-8-10-13/h6-10,14H,11-12H2,1-5H3/t14-/m0/s1. The largest absolute Gasteiger partial charge is 0.444 e. The van der Waals surface area contributed by atoms with Gasteiger partial charge in [-0.05, 0) is 46.8 Å². The number of rotatable bonds is 4. The molecule has 8 heteroatoms. The molecule has 0 saturated carbocycles. The molecule has 1 atom stereocenters. The van der Waals surface area contributed by atoms with Crippen molar-refractivity contribution in [1.82, 2.24) is 4.90 Å². The van der Waals surface area contributed by atoms with Gasteiger partial charge in [0.05, 0.1) is 11.5 Å². The molecule has 1 aliphatic heterocycles. The average molecular weight is 383 g/mol. The second-order valence-electron chi connectivity index (χ2n) is 7.66. The van der Waals surface area contributed by atoms with Gasteiger partial charge in [-0.25, -0.2) is 13.2 Å². The van der Waals surface area contributed by atoms with E-state index in [0.717, 1.165) is 0 Å². The summed E-state index contributed by atoms with van der Waals surface area (Å²) in [7, 11) is -3.80. The minimum Gasteiger partial charge on any atom is -0.444 e. The van der Waals surface area contributed by atoms with Crippen LogP contribution in [0.15, 0.2) is 35.2 Å². The molecule has 0 aromatic heterocycles. The maximum atomic E-state index is 12.7. The third kappa shape index (κ3) is 4.62. The highest BCUT2D eigenvalue weighted by Crippen LogP contribution is 2.30. The van der Waals surface area contributed by atoms with Crippen LogP contribution < -0.4 is 0 Å². The van der Waals surface area contributed by atoms with Crippen LogP contribution in [0.5, 0.6) is 0 Å². The Labute approximate surface area is 154 Å². The number of Topliss-reactive ketones (excluding diaryl/α,β-unsaturated/α-hetero) is 1. The van der Waals surface area contributed by atoms with Crippen molar-refractivity contribution in [3.05, 3.63) is 30.3 Å². The van der Waals surface area contributed by atoms with E-state index in [1.54, 1.807) is 52.8 Å². The zero-order valence-electron chi connectivity index (χ0n) is 15.7. The average Bonchev–Trinajstić information content (AvgIpc) is 2.81. The maximum Gasteiger partial charge on any atom is 0.413 e. The second-order valence-corrected chi connectivity index (χ2v) is 9.65. The van der Waals surface area contributed by atoms with E-state index in [4.69, 9.17) is 9.47 Å². The fourth-order valence-corrected chi connectivity index (χ4v) is 4.00. The lowest BCUT2D eigenvalue weighted by Gasteiger charge is -2.34. The molecule has 1 aromatic rings. The highest BCUT2D eigenvalue weighted by molar-refractivity contribution is 7.92. The van der Waals surface area contributed by atoms with E-state index in [2.05, 4.69) is 0 Å². The van der Waals surface area contributed by atoms with Crippen molar-refractivity contribution in [2.45, 2.75) is 56.9 Å². The minimum atomic E-state index is -3.80. The van der Waals surface area contributed by atoms with Gasteiger partial charge in [-0.15, -0.1) is 0 Å². The zero-order chi connectivity index (χ0) is 19.8. The number of nitrogens with zero attached hydrogens (tertiary/aromatic N) is 1. The lowest BCUT2D eigenvalue weighted by atomic mass is 10.1. The topological polar surface area (TPSA) is 90.0 Å². The van der Waals surface area contributed by atoms with Crippen molar-refractivity contribution < 1.29 is 27.5 Å². The summed E-state index contributed by atoms with van der Waals surface area (Å²) in [6.07, 6.45) is -0.713. The molecular formula is C18H25NO6S. The third-order valence-corrected chi connectivity index (χ3v) is 5.54. The number of ether oxygens (including phenoxy) is 2. The zero-order valence-corrected chi connectivity index (χ0v) is 16.5. The molecule has 2 rings (SSSR count). The maximum absolute atomic E-state index is 12.7. The Balaban J connectivity index is 2.23. The van der Waals surface area contributed by atoms with Crippen LogP contribution in [0.4, 0.5) is 4.79 Å². The van der Waals surface area contributed by atoms with Gasteiger partial charge in [-0.1, -0.05) is 18.2 Å². The van der Waals surface area contributed by atoms with Crippen molar-refractivity contribution in [2.24, 2.45) is 0 Å². The first kappa shape index (κ1) is 20.4. The van der Waals surface area contributed by atoms with E-state index in [0.29, 0.717) is 0 Å². The number of carbonyl (C=O) groups is 2. The summed E-state index contributed by atoms with van der Waals surface area (Å²) in [5.74, 6) is -1.31. The van der Waals surface area contributed by atoms with Gasteiger partial charge in [0.1, 0.15) is 23.1 Å². The summed E-state index contributed by atoms with van der Waals surface area (Å²) in [4.78, 5) is 26.5. The van der Waals surface area contributed by atoms with Crippen molar-refractivity contribution in [3.8, 4) is 0 Å². The molecule has 7 nitrogen and oxygen atoms in total. The van der Waals surface area contributed by atoms with Crippen LogP contribution in [0.3, 0.4) is 0 Å². The molecule has 0 spiro atoms. The molecule has 144 valence electrons. The number of sulfone groups is 1. The van der Waals surface area contributed by atoms with Gasteiger partial charge in [0.2, 0.25) is 0 Å². The summed E-state index contributed by atoms with van der Waals surface area (Å²) >= 11 is 0. The SMILES string of the molecule is CC(C)(C)OC(=O)N1[C@H](C(=O)CS(=O)(=O)c2ccccc2)COC1(C)C. The molecule has 0 unspecified atom stereocenters. The van der Waals surface area contributed by atoms with Crippen molar-refractivity contribution in [1.29, 1.82) is 0 Å². The third-order valence-electron chi connectivity index (χ3n) is 3.88. The Morgan fingerprint density at radius 2 is 1.81 bits per heavy atom. The summed E-state index contributed by atoms with van der Waals surface area (Å²) in [6, 6.07) is 6.72. The van der Waals surface area contributed by atoms with Crippen LogP contribution >= 0.6 is 0 Å². The van der Waals surface area contributed by atoms with Gasteiger partial charge in [-0.2, -0.15) is 0 Å². The summed E-state index contributed by atoms with van der Waals surface area (Å²) in [5.41, 5.74) is -1.82. The molecule has 1 fully saturated rings. The predicted molar refractivity (Wildman–Crippen MR) is 95.4 cm³/mol. The van der Waals surface area contributed by atoms with Gasteiger partial charge >= 0.3 is 6.09 Å². The Bertz CT molecular complexity index is 780. The van der Waals surface area contributed by atoms with E-state index in [1.807, 2.05) is 0 Å². The molecule has 1 heterocycles. The van der Waals surface area contributed by atoms with Crippen LogP contribution in [-0.2, 0) is 24.1 Å². The van der Waals surface area contributed by atoms with E-state index in [9.17, 15) is 18.0 Å². The molecule has 1 amide bonds. The number of hydrogen-bond acceptors (Lipinski definition) is 6. The van der Waals surface area contributed by atoms with Crippen molar-refractivity contribution in [3.63, 3.8) is 0 Å². The first-order valence-corrected chi connectivity index (χ1v) is 9.95. The van der Waals surface area contributed by atoms with Crippen molar-refractivity contribution in [2.75, 3.05) is 12.4 Å². The van der Waals surface area contributed by atoms with Gasteiger partial charge in [0, 0.05) is 0 Å². The fourth-order valence-electron chi connectivity index (χ4n) is 2.69. The van der Waals surface area contributed by atoms with E-state index in [1.165, 1.54) is 17.0 Å². The lowest BCUT2D eigenvalue weighted by molar-refractivity contribution is -0.122. The quantitative estimate of drug-likeness (QED) is 0.793. The molecular weight excluding hydrogens is 358 g/mol. The van der Waals surface area contributed by atoms with Gasteiger partial charge in [0.25, 0.3) is 0 Å². The Morgan fingerprint density at radius 1 is 1.23 bits per heavy atom. The second kappa shape index (κ2) is 7.00. The van der Waals surface area contributed by atoms with Crippen molar-refractivity contribution >= 4 is 21.7 Å². The van der Waals surface area contributed by atoms with Crippen LogP contribution in [-0.4, -0.2) is 54.9 Å². The first-order chi connectivity index (χ1) is 11.8. The summed E-state index contributed by atoms with van der Waals surface area (Å²) < 4.78 is 35.8. The van der Waals surface area contributed by atoms with Gasteiger partial charge < -0.3 is 9.47 Å². The van der Waals surface area contributed by atoms with E-state index < -0.39 is 44.8 Å². The molecule has 0 N–H and O–H groups in total. The number of amides is 1. The molecule has 1 saturated heterocycles. The monoisotopic (exact) mass is 383 g/mol.